The molecule has 3 heteroatoms. The van der Waals surface area contributed by atoms with E-state index in [1.54, 1.807) is 0 Å². The Morgan fingerprint density at radius 1 is 1.47 bits per heavy atom. The van der Waals surface area contributed by atoms with Gasteiger partial charge >= 0.3 is 0 Å². The highest BCUT2D eigenvalue weighted by atomic mass is 35.5. The van der Waals surface area contributed by atoms with Gasteiger partial charge in [0.05, 0.1) is 0 Å². The first-order chi connectivity index (χ1) is 8.13. The molecule has 2 nitrogen and oxygen atoms in total. The number of hydrogen-bond acceptors (Lipinski definition) is 2. The molecule has 1 aliphatic heterocycles. The fourth-order valence-electron chi connectivity index (χ4n) is 2.69. The lowest BCUT2D eigenvalue weighted by atomic mass is 10.0. The van der Waals surface area contributed by atoms with Crippen LogP contribution in [0.3, 0.4) is 0 Å². The quantitative estimate of drug-likeness (QED) is 0.893. The van der Waals surface area contributed by atoms with E-state index in [4.69, 9.17) is 17.3 Å². The Balaban J connectivity index is 2.24. The molecule has 0 spiro atoms. The third-order valence-electron chi connectivity index (χ3n) is 3.66. The minimum atomic E-state index is 0.507. The molecule has 0 aliphatic carbocycles. The van der Waals surface area contributed by atoms with Gasteiger partial charge in [0, 0.05) is 29.8 Å². The van der Waals surface area contributed by atoms with Crippen molar-refractivity contribution in [2.45, 2.75) is 39.3 Å². The summed E-state index contributed by atoms with van der Waals surface area (Å²) in [6.07, 6.45) is 2.56. The van der Waals surface area contributed by atoms with Gasteiger partial charge in [0.2, 0.25) is 0 Å². The first kappa shape index (κ1) is 12.7. The van der Waals surface area contributed by atoms with Crippen molar-refractivity contribution >= 4 is 17.3 Å². The lowest BCUT2D eigenvalue weighted by molar-refractivity contribution is 0.492. The van der Waals surface area contributed by atoms with E-state index in [-0.39, 0.29) is 0 Å². The summed E-state index contributed by atoms with van der Waals surface area (Å²) in [4.78, 5) is 2.48. The number of hydrogen-bond donors (Lipinski definition) is 1. The van der Waals surface area contributed by atoms with Crippen molar-refractivity contribution in [1.82, 2.24) is 0 Å². The summed E-state index contributed by atoms with van der Waals surface area (Å²) in [6.45, 7) is 6.23. The van der Waals surface area contributed by atoms with E-state index in [0.717, 1.165) is 17.1 Å². The summed E-state index contributed by atoms with van der Waals surface area (Å²) in [5, 5.41) is 0.791. The van der Waals surface area contributed by atoms with Gasteiger partial charge in [0.25, 0.3) is 0 Å². The summed E-state index contributed by atoms with van der Waals surface area (Å²) in [7, 11) is 0. The Labute approximate surface area is 109 Å². The molecular weight excluding hydrogens is 232 g/mol. The SMILES string of the molecule is CC(C)C1CCCN1c1ccc(CN)c(Cl)c1. The fourth-order valence-corrected chi connectivity index (χ4v) is 2.94. The van der Waals surface area contributed by atoms with Gasteiger partial charge in [-0.15, -0.1) is 0 Å². The molecule has 1 aliphatic rings. The van der Waals surface area contributed by atoms with Gasteiger partial charge in [0.1, 0.15) is 0 Å². The van der Waals surface area contributed by atoms with E-state index >= 15 is 0 Å². The predicted octanol–water partition coefficient (Wildman–Crippen LogP) is 3.42. The first-order valence-corrected chi connectivity index (χ1v) is 6.76. The Morgan fingerprint density at radius 3 is 2.82 bits per heavy atom. The maximum atomic E-state index is 6.23. The third kappa shape index (κ3) is 2.58. The van der Waals surface area contributed by atoms with E-state index in [1.807, 2.05) is 6.07 Å². The van der Waals surface area contributed by atoms with Crippen molar-refractivity contribution < 1.29 is 0 Å². The molecule has 1 saturated heterocycles. The molecule has 1 aromatic carbocycles. The number of benzene rings is 1. The highest BCUT2D eigenvalue weighted by molar-refractivity contribution is 6.31. The lowest BCUT2D eigenvalue weighted by Gasteiger charge is -2.30. The van der Waals surface area contributed by atoms with Crippen LogP contribution in [0.4, 0.5) is 5.69 Å². The lowest BCUT2D eigenvalue weighted by Crippen LogP contribution is -2.33. The molecule has 2 rings (SSSR count). The van der Waals surface area contributed by atoms with Crippen LogP contribution in [0, 0.1) is 5.92 Å². The minimum Gasteiger partial charge on any atom is -0.368 e. The number of rotatable bonds is 3. The van der Waals surface area contributed by atoms with Crippen LogP contribution in [0.2, 0.25) is 5.02 Å². The normalized spacial score (nSPS) is 20.3. The second kappa shape index (κ2) is 5.28. The maximum absolute atomic E-state index is 6.23. The maximum Gasteiger partial charge on any atom is 0.0471 e. The van der Waals surface area contributed by atoms with Crippen LogP contribution in [-0.2, 0) is 6.54 Å². The number of nitrogens with zero attached hydrogens (tertiary/aromatic N) is 1. The van der Waals surface area contributed by atoms with Gasteiger partial charge in [-0.1, -0.05) is 31.5 Å². The minimum absolute atomic E-state index is 0.507. The number of nitrogens with two attached hydrogens (primary N) is 1. The average Bonchev–Trinajstić information content (AvgIpc) is 2.77. The van der Waals surface area contributed by atoms with Crippen molar-refractivity contribution in [3.8, 4) is 0 Å². The predicted molar refractivity (Wildman–Crippen MR) is 74.5 cm³/mol. The molecular formula is C14H21ClN2. The van der Waals surface area contributed by atoms with Gasteiger partial charge in [-0.05, 0) is 36.5 Å². The third-order valence-corrected chi connectivity index (χ3v) is 4.01. The van der Waals surface area contributed by atoms with Crippen molar-refractivity contribution in [2.75, 3.05) is 11.4 Å². The monoisotopic (exact) mass is 252 g/mol. The molecule has 17 heavy (non-hydrogen) atoms. The van der Waals surface area contributed by atoms with Gasteiger partial charge < -0.3 is 10.6 Å². The van der Waals surface area contributed by atoms with Crippen molar-refractivity contribution in [1.29, 1.82) is 0 Å². The highest BCUT2D eigenvalue weighted by Crippen LogP contribution is 2.32. The van der Waals surface area contributed by atoms with Gasteiger partial charge in [-0.3, -0.25) is 0 Å². The van der Waals surface area contributed by atoms with Gasteiger partial charge in [-0.25, -0.2) is 0 Å². The van der Waals surface area contributed by atoms with Gasteiger partial charge in [-0.2, -0.15) is 0 Å². The van der Waals surface area contributed by atoms with E-state index in [2.05, 4.69) is 30.9 Å². The van der Waals surface area contributed by atoms with Crippen LogP contribution < -0.4 is 10.6 Å². The van der Waals surface area contributed by atoms with Crippen LogP contribution >= 0.6 is 11.6 Å². The summed E-state index contributed by atoms with van der Waals surface area (Å²) in [5.41, 5.74) is 7.89. The van der Waals surface area contributed by atoms with Crippen LogP contribution in [0.1, 0.15) is 32.3 Å². The van der Waals surface area contributed by atoms with E-state index < -0.39 is 0 Å². The second-order valence-electron chi connectivity index (χ2n) is 5.13. The Morgan fingerprint density at radius 2 is 2.24 bits per heavy atom. The van der Waals surface area contributed by atoms with Crippen LogP contribution in [0.5, 0.6) is 0 Å². The Hall–Kier alpha value is -0.730. The van der Waals surface area contributed by atoms with Gasteiger partial charge in [0.15, 0.2) is 0 Å². The topological polar surface area (TPSA) is 29.3 Å². The summed E-state index contributed by atoms with van der Waals surface area (Å²) in [6, 6.07) is 6.90. The molecule has 0 aromatic heterocycles. The Bertz CT molecular complexity index is 390. The molecule has 0 bridgehead atoms. The van der Waals surface area contributed by atoms with Crippen LogP contribution in [-0.4, -0.2) is 12.6 Å². The molecule has 1 heterocycles. The summed E-state index contributed by atoms with van der Waals surface area (Å²) >= 11 is 6.23. The molecule has 1 unspecified atom stereocenters. The molecule has 0 amide bonds. The zero-order valence-corrected chi connectivity index (χ0v) is 11.4. The van der Waals surface area contributed by atoms with Crippen molar-refractivity contribution in [2.24, 2.45) is 11.7 Å². The van der Waals surface area contributed by atoms with E-state index in [9.17, 15) is 0 Å². The smallest absolute Gasteiger partial charge is 0.0471 e. The number of anilines is 1. The van der Waals surface area contributed by atoms with Crippen molar-refractivity contribution in [3.05, 3.63) is 28.8 Å². The van der Waals surface area contributed by atoms with Crippen molar-refractivity contribution in [3.63, 3.8) is 0 Å². The molecule has 0 radical (unpaired) electrons. The molecule has 1 atom stereocenters. The molecule has 94 valence electrons. The van der Waals surface area contributed by atoms with E-state index in [0.29, 0.717) is 18.5 Å². The summed E-state index contributed by atoms with van der Waals surface area (Å²) in [5.74, 6) is 0.686. The summed E-state index contributed by atoms with van der Waals surface area (Å²) < 4.78 is 0. The van der Waals surface area contributed by atoms with Crippen LogP contribution in [0.15, 0.2) is 18.2 Å². The molecule has 0 saturated carbocycles. The first-order valence-electron chi connectivity index (χ1n) is 6.38. The molecule has 1 fully saturated rings. The Kier molecular flexibility index (Phi) is 3.95. The van der Waals surface area contributed by atoms with E-state index in [1.165, 1.54) is 18.5 Å². The van der Waals surface area contributed by atoms with Crippen LogP contribution in [0.25, 0.3) is 0 Å². The largest absolute Gasteiger partial charge is 0.368 e. The zero-order chi connectivity index (χ0) is 12.4. The second-order valence-corrected chi connectivity index (χ2v) is 5.53. The highest BCUT2D eigenvalue weighted by Gasteiger charge is 2.27. The molecule has 2 N–H and O–H groups in total. The number of halogens is 1. The fraction of sp³-hybridized carbons (Fsp3) is 0.571. The molecule has 1 aromatic rings. The zero-order valence-electron chi connectivity index (χ0n) is 10.6. The standard InChI is InChI=1S/C14H21ClN2/c1-10(2)14-4-3-7-17(14)12-6-5-11(9-16)13(15)8-12/h5-6,8,10,14H,3-4,7,9,16H2,1-2H3. The average molecular weight is 253 g/mol.